The van der Waals surface area contributed by atoms with Crippen molar-refractivity contribution < 1.29 is 9.53 Å². The summed E-state index contributed by atoms with van der Waals surface area (Å²) >= 11 is 0. The summed E-state index contributed by atoms with van der Waals surface area (Å²) in [5.41, 5.74) is -0.249. The Hall–Kier alpha value is -0.530. The highest BCUT2D eigenvalue weighted by atomic mass is 16.5. The fourth-order valence-corrected chi connectivity index (χ4v) is 1.75. The van der Waals surface area contributed by atoms with Crippen LogP contribution in [-0.4, -0.2) is 12.6 Å². The van der Waals surface area contributed by atoms with Crippen LogP contribution < -0.4 is 0 Å². The molecular weight excluding hydrogens is 176 g/mol. The van der Waals surface area contributed by atoms with Gasteiger partial charge in [-0.1, -0.05) is 33.1 Å². The summed E-state index contributed by atoms with van der Waals surface area (Å²) in [6, 6.07) is 0. The molecule has 1 unspecified atom stereocenters. The Morgan fingerprint density at radius 3 is 2.21 bits per heavy atom. The predicted molar refractivity (Wildman–Crippen MR) is 59.2 cm³/mol. The molecule has 0 fully saturated rings. The molecule has 0 aliphatic carbocycles. The minimum Gasteiger partial charge on any atom is -0.466 e. The van der Waals surface area contributed by atoms with Crippen LogP contribution in [0.1, 0.15) is 59.8 Å². The van der Waals surface area contributed by atoms with Crippen molar-refractivity contribution in [2.45, 2.75) is 59.8 Å². The third kappa shape index (κ3) is 4.12. The molecule has 0 aromatic rings. The lowest BCUT2D eigenvalue weighted by molar-refractivity contribution is -0.155. The first-order valence-corrected chi connectivity index (χ1v) is 5.78. The Kier molecular flexibility index (Phi) is 6.60. The molecule has 0 aliphatic heterocycles. The largest absolute Gasteiger partial charge is 0.466 e. The Morgan fingerprint density at radius 2 is 1.79 bits per heavy atom. The fraction of sp³-hybridized carbons (Fsp3) is 0.917. The topological polar surface area (TPSA) is 26.3 Å². The van der Waals surface area contributed by atoms with Crippen LogP contribution >= 0.6 is 0 Å². The molecule has 0 rings (SSSR count). The third-order valence-corrected chi connectivity index (χ3v) is 2.65. The predicted octanol–water partition coefficient (Wildman–Crippen LogP) is 3.55. The molecule has 0 aromatic heterocycles. The van der Waals surface area contributed by atoms with Crippen LogP contribution in [0.5, 0.6) is 0 Å². The summed E-state index contributed by atoms with van der Waals surface area (Å²) in [6.07, 6.45) is 5.18. The SMILES string of the molecule is CCCCC(C)(CCC)C(=O)OCC. The van der Waals surface area contributed by atoms with Gasteiger partial charge in [-0.25, -0.2) is 0 Å². The van der Waals surface area contributed by atoms with E-state index in [2.05, 4.69) is 13.8 Å². The Labute approximate surface area is 88.0 Å². The van der Waals surface area contributed by atoms with Gasteiger partial charge in [0.25, 0.3) is 0 Å². The maximum atomic E-state index is 11.7. The number of carbonyl (C=O) groups excluding carboxylic acids is 1. The first kappa shape index (κ1) is 13.5. The molecule has 2 nitrogen and oxygen atoms in total. The molecule has 0 aliphatic rings. The molecule has 0 N–H and O–H groups in total. The van der Waals surface area contributed by atoms with Gasteiger partial charge >= 0.3 is 5.97 Å². The van der Waals surface area contributed by atoms with Crippen molar-refractivity contribution in [2.75, 3.05) is 6.61 Å². The molecule has 2 heteroatoms. The lowest BCUT2D eigenvalue weighted by Crippen LogP contribution is -2.29. The number of rotatable bonds is 7. The Balaban J connectivity index is 4.28. The minimum absolute atomic E-state index is 0.0182. The first-order valence-electron chi connectivity index (χ1n) is 5.78. The van der Waals surface area contributed by atoms with Crippen molar-refractivity contribution in [2.24, 2.45) is 5.41 Å². The zero-order valence-electron chi connectivity index (χ0n) is 10.1. The van der Waals surface area contributed by atoms with Crippen molar-refractivity contribution >= 4 is 5.97 Å². The summed E-state index contributed by atoms with van der Waals surface area (Å²) in [4.78, 5) is 11.7. The van der Waals surface area contributed by atoms with Gasteiger partial charge in [-0.05, 0) is 26.7 Å². The van der Waals surface area contributed by atoms with Crippen molar-refractivity contribution in [1.82, 2.24) is 0 Å². The van der Waals surface area contributed by atoms with Crippen LogP contribution in [0.4, 0.5) is 0 Å². The van der Waals surface area contributed by atoms with Crippen molar-refractivity contribution in [3.05, 3.63) is 0 Å². The average molecular weight is 200 g/mol. The summed E-state index contributed by atoms with van der Waals surface area (Å²) in [5, 5.41) is 0. The monoisotopic (exact) mass is 200 g/mol. The van der Waals surface area contributed by atoms with Crippen molar-refractivity contribution in [3.63, 3.8) is 0 Å². The van der Waals surface area contributed by atoms with E-state index < -0.39 is 0 Å². The maximum Gasteiger partial charge on any atom is 0.311 e. The lowest BCUT2D eigenvalue weighted by Gasteiger charge is -2.26. The van der Waals surface area contributed by atoms with E-state index in [4.69, 9.17) is 4.74 Å². The molecule has 0 saturated carbocycles. The van der Waals surface area contributed by atoms with Gasteiger partial charge in [0, 0.05) is 0 Å². The summed E-state index contributed by atoms with van der Waals surface area (Å²) in [7, 11) is 0. The summed E-state index contributed by atoms with van der Waals surface area (Å²) in [6.45, 7) is 8.65. The van der Waals surface area contributed by atoms with Crippen molar-refractivity contribution in [3.8, 4) is 0 Å². The van der Waals surface area contributed by atoms with Crippen LogP contribution in [0.25, 0.3) is 0 Å². The van der Waals surface area contributed by atoms with Crippen LogP contribution in [-0.2, 0) is 9.53 Å². The molecule has 1 atom stereocenters. The second-order valence-electron chi connectivity index (χ2n) is 4.13. The van der Waals surface area contributed by atoms with E-state index >= 15 is 0 Å². The van der Waals surface area contributed by atoms with Gasteiger partial charge in [0.15, 0.2) is 0 Å². The normalized spacial score (nSPS) is 14.9. The number of carbonyl (C=O) groups is 1. The first-order chi connectivity index (χ1) is 6.60. The summed E-state index contributed by atoms with van der Waals surface area (Å²) in [5.74, 6) is -0.0182. The molecule has 0 spiro atoms. The van der Waals surface area contributed by atoms with E-state index in [1.165, 1.54) is 0 Å². The van der Waals surface area contributed by atoms with Crippen LogP contribution in [0, 0.1) is 5.41 Å². The molecule has 14 heavy (non-hydrogen) atoms. The lowest BCUT2D eigenvalue weighted by atomic mass is 9.81. The molecule has 0 radical (unpaired) electrons. The highest BCUT2D eigenvalue weighted by molar-refractivity contribution is 5.76. The second kappa shape index (κ2) is 6.86. The van der Waals surface area contributed by atoms with E-state index in [1.807, 2.05) is 13.8 Å². The number of hydrogen-bond donors (Lipinski definition) is 0. The average Bonchev–Trinajstić information content (AvgIpc) is 2.15. The van der Waals surface area contributed by atoms with Gasteiger partial charge in [0.05, 0.1) is 12.0 Å². The van der Waals surface area contributed by atoms with Crippen LogP contribution in [0.15, 0.2) is 0 Å². The van der Waals surface area contributed by atoms with E-state index in [-0.39, 0.29) is 11.4 Å². The van der Waals surface area contributed by atoms with Gasteiger partial charge < -0.3 is 4.74 Å². The number of ether oxygens (including phenoxy) is 1. The van der Waals surface area contributed by atoms with E-state index in [1.54, 1.807) is 0 Å². The quantitative estimate of drug-likeness (QED) is 0.587. The van der Waals surface area contributed by atoms with Crippen molar-refractivity contribution in [1.29, 1.82) is 0 Å². The Bertz CT molecular complexity index is 166. The number of esters is 1. The van der Waals surface area contributed by atoms with E-state index in [9.17, 15) is 4.79 Å². The smallest absolute Gasteiger partial charge is 0.311 e. The zero-order chi connectivity index (χ0) is 11.0. The molecule has 0 heterocycles. The van der Waals surface area contributed by atoms with Gasteiger partial charge in [0.1, 0.15) is 0 Å². The molecule has 0 amide bonds. The van der Waals surface area contributed by atoms with Gasteiger partial charge in [-0.15, -0.1) is 0 Å². The molecule has 84 valence electrons. The van der Waals surface area contributed by atoms with Crippen LogP contribution in [0.3, 0.4) is 0 Å². The highest BCUT2D eigenvalue weighted by Gasteiger charge is 2.32. The minimum atomic E-state index is -0.249. The molecule has 0 saturated heterocycles. The van der Waals surface area contributed by atoms with E-state index in [0.29, 0.717) is 6.61 Å². The fourth-order valence-electron chi connectivity index (χ4n) is 1.75. The Morgan fingerprint density at radius 1 is 1.14 bits per heavy atom. The molecule has 0 aromatic carbocycles. The van der Waals surface area contributed by atoms with Crippen LogP contribution in [0.2, 0.25) is 0 Å². The van der Waals surface area contributed by atoms with Gasteiger partial charge in [0.2, 0.25) is 0 Å². The number of unbranched alkanes of at least 4 members (excludes halogenated alkanes) is 1. The maximum absolute atomic E-state index is 11.7. The molecule has 0 bridgehead atoms. The third-order valence-electron chi connectivity index (χ3n) is 2.65. The van der Waals surface area contributed by atoms with Gasteiger partial charge in [-0.3, -0.25) is 4.79 Å². The standard InChI is InChI=1S/C12H24O2/c1-5-8-10-12(4,9-6-2)11(13)14-7-3/h5-10H2,1-4H3. The second-order valence-corrected chi connectivity index (χ2v) is 4.13. The van der Waals surface area contributed by atoms with E-state index in [0.717, 1.165) is 32.1 Å². The molecular formula is C12H24O2. The van der Waals surface area contributed by atoms with Gasteiger partial charge in [-0.2, -0.15) is 0 Å². The summed E-state index contributed by atoms with van der Waals surface area (Å²) < 4.78 is 5.12. The zero-order valence-corrected chi connectivity index (χ0v) is 10.1. The highest BCUT2D eigenvalue weighted by Crippen LogP contribution is 2.31. The number of hydrogen-bond acceptors (Lipinski definition) is 2.